The van der Waals surface area contributed by atoms with Crippen LogP contribution >= 0.6 is 0 Å². The standard InChI is InChI=1S/C24H25F2N5O/c1-29(2)22(32)13-31-6-4-14(5-7-31)18-11-30(3)12-19-16-8-15(25)9-17-20(26)10-21(23(16)17)27-28-24(18)19/h4,8-10,12,28H,5-7,11,13H2,1-3H3. The van der Waals surface area contributed by atoms with Crippen LogP contribution in [-0.2, 0) is 4.79 Å². The number of nitrogens with zero attached hydrogens (tertiary/aromatic N) is 4. The Morgan fingerprint density at radius 1 is 1.25 bits per heavy atom. The zero-order valence-corrected chi connectivity index (χ0v) is 18.4. The molecular formula is C24H25F2N5O. The Bertz CT molecular complexity index is 1180. The summed E-state index contributed by atoms with van der Waals surface area (Å²) in [5.74, 6) is -0.859. The quantitative estimate of drug-likeness (QED) is 0.790. The molecule has 8 heteroatoms. The van der Waals surface area contributed by atoms with Gasteiger partial charge in [-0.1, -0.05) is 6.08 Å². The van der Waals surface area contributed by atoms with Gasteiger partial charge in [0.2, 0.25) is 5.91 Å². The Morgan fingerprint density at radius 2 is 2.03 bits per heavy atom. The van der Waals surface area contributed by atoms with Crippen molar-refractivity contribution in [1.82, 2.24) is 20.1 Å². The molecule has 6 nitrogen and oxygen atoms in total. The van der Waals surface area contributed by atoms with Crippen LogP contribution in [-0.4, -0.2) is 73.6 Å². The van der Waals surface area contributed by atoms with E-state index in [1.54, 1.807) is 19.0 Å². The lowest BCUT2D eigenvalue weighted by Crippen LogP contribution is -2.39. The SMILES string of the molecule is CN1C=C2C(=C(C3=CCN(CC(=O)N(C)C)CC3)C1)NN=C1C=C(F)c3cc(F)cc2c31. The topological polar surface area (TPSA) is 51.2 Å². The third kappa shape index (κ3) is 3.44. The summed E-state index contributed by atoms with van der Waals surface area (Å²) in [7, 11) is 5.50. The maximum absolute atomic E-state index is 14.4. The number of benzene rings is 1. The van der Waals surface area contributed by atoms with Crippen molar-refractivity contribution in [2.45, 2.75) is 6.42 Å². The van der Waals surface area contributed by atoms with E-state index in [2.05, 4.69) is 26.4 Å². The number of amides is 1. The number of carbonyl (C=O) groups is 1. The summed E-state index contributed by atoms with van der Waals surface area (Å²) in [5.41, 5.74) is 9.05. The van der Waals surface area contributed by atoms with Gasteiger partial charge in [0.15, 0.2) is 0 Å². The van der Waals surface area contributed by atoms with Gasteiger partial charge in [-0.15, -0.1) is 0 Å². The van der Waals surface area contributed by atoms with Gasteiger partial charge in [0.05, 0.1) is 18.0 Å². The molecular weight excluding hydrogens is 412 g/mol. The van der Waals surface area contributed by atoms with Gasteiger partial charge in [0.1, 0.15) is 11.6 Å². The number of rotatable bonds is 3. The normalized spacial score (nSPS) is 19.8. The molecule has 0 atom stereocenters. The van der Waals surface area contributed by atoms with E-state index in [9.17, 15) is 13.6 Å². The molecule has 3 heterocycles. The number of allylic oxidation sites excluding steroid dienone is 2. The maximum atomic E-state index is 14.4. The number of fused-ring (bicyclic) bond motifs is 2. The molecule has 0 saturated carbocycles. The van der Waals surface area contributed by atoms with Gasteiger partial charge in [0.25, 0.3) is 0 Å². The van der Waals surface area contributed by atoms with Crippen LogP contribution in [0.4, 0.5) is 8.78 Å². The fourth-order valence-corrected chi connectivity index (χ4v) is 4.64. The Hall–Kier alpha value is -3.26. The molecule has 1 N–H and O–H groups in total. The molecule has 0 fully saturated rings. The minimum atomic E-state index is -0.474. The minimum Gasteiger partial charge on any atom is -0.375 e. The van der Waals surface area contributed by atoms with Gasteiger partial charge in [-0.25, -0.2) is 8.78 Å². The lowest BCUT2D eigenvalue weighted by atomic mass is 9.87. The Kier molecular flexibility index (Phi) is 4.97. The Balaban J connectivity index is 1.53. The molecule has 166 valence electrons. The third-order valence-electron chi connectivity index (χ3n) is 6.32. The van der Waals surface area contributed by atoms with Crippen molar-refractivity contribution in [2.24, 2.45) is 5.10 Å². The smallest absolute Gasteiger partial charge is 0.236 e. The first-order valence-electron chi connectivity index (χ1n) is 10.6. The fraction of sp³-hybridized carbons (Fsp3) is 0.333. The zero-order chi connectivity index (χ0) is 22.6. The van der Waals surface area contributed by atoms with E-state index >= 15 is 0 Å². The number of halogens is 2. The molecule has 1 aliphatic carbocycles. The average Bonchev–Trinajstić information content (AvgIpc) is 2.98. The second kappa shape index (κ2) is 7.70. The van der Waals surface area contributed by atoms with E-state index in [4.69, 9.17) is 0 Å². The van der Waals surface area contributed by atoms with Gasteiger partial charge in [-0.05, 0) is 29.7 Å². The minimum absolute atomic E-state index is 0.0861. The van der Waals surface area contributed by atoms with E-state index in [-0.39, 0.29) is 11.5 Å². The molecule has 1 aromatic rings. The molecule has 4 aliphatic rings. The van der Waals surface area contributed by atoms with Crippen molar-refractivity contribution in [3.8, 4) is 0 Å². The van der Waals surface area contributed by atoms with Gasteiger partial charge in [-0.3, -0.25) is 15.1 Å². The lowest BCUT2D eigenvalue weighted by molar-refractivity contribution is -0.129. The Labute approximate surface area is 185 Å². The lowest BCUT2D eigenvalue weighted by Gasteiger charge is -2.32. The summed E-state index contributed by atoms with van der Waals surface area (Å²) in [6, 6.07) is 2.68. The molecule has 32 heavy (non-hydrogen) atoms. The first-order valence-corrected chi connectivity index (χ1v) is 10.6. The van der Waals surface area contributed by atoms with Gasteiger partial charge >= 0.3 is 0 Å². The highest BCUT2D eigenvalue weighted by Crippen LogP contribution is 2.41. The molecule has 0 aromatic heterocycles. The van der Waals surface area contributed by atoms with Crippen LogP contribution < -0.4 is 5.43 Å². The summed E-state index contributed by atoms with van der Waals surface area (Å²) in [6.45, 7) is 2.54. The summed E-state index contributed by atoms with van der Waals surface area (Å²) in [4.78, 5) is 17.8. The van der Waals surface area contributed by atoms with E-state index in [1.807, 2.05) is 13.2 Å². The molecule has 0 unspecified atom stereocenters. The van der Waals surface area contributed by atoms with E-state index in [1.165, 1.54) is 23.8 Å². The highest BCUT2D eigenvalue weighted by Gasteiger charge is 2.33. The van der Waals surface area contributed by atoms with E-state index in [0.717, 1.165) is 29.8 Å². The molecule has 5 rings (SSSR count). The number of carbonyl (C=O) groups excluding carboxylic acids is 1. The van der Waals surface area contributed by atoms with Crippen LogP contribution in [0.2, 0.25) is 0 Å². The summed E-state index contributed by atoms with van der Waals surface area (Å²) < 4.78 is 28.8. The van der Waals surface area contributed by atoms with Gasteiger partial charge in [-0.2, -0.15) is 5.10 Å². The monoisotopic (exact) mass is 437 g/mol. The highest BCUT2D eigenvalue weighted by molar-refractivity contribution is 6.21. The van der Waals surface area contributed by atoms with Crippen LogP contribution in [0, 0.1) is 5.82 Å². The van der Waals surface area contributed by atoms with E-state index in [0.29, 0.717) is 36.5 Å². The van der Waals surface area contributed by atoms with Crippen molar-refractivity contribution < 1.29 is 13.6 Å². The largest absolute Gasteiger partial charge is 0.375 e. The molecule has 0 bridgehead atoms. The second-order valence-corrected chi connectivity index (χ2v) is 8.79. The molecule has 1 amide bonds. The van der Waals surface area contributed by atoms with Crippen LogP contribution in [0.15, 0.2) is 52.4 Å². The molecule has 1 aromatic carbocycles. The number of hydrazone groups is 1. The van der Waals surface area contributed by atoms with Gasteiger partial charge < -0.3 is 9.80 Å². The first-order chi connectivity index (χ1) is 15.3. The van der Waals surface area contributed by atoms with Crippen LogP contribution in [0.5, 0.6) is 0 Å². The van der Waals surface area contributed by atoms with Crippen LogP contribution in [0.25, 0.3) is 11.4 Å². The average molecular weight is 437 g/mol. The fourth-order valence-electron chi connectivity index (χ4n) is 4.64. The molecule has 0 saturated heterocycles. The predicted octanol–water partition coefficient (Wildman–Crippen LogP) is 2.72. The van der Waals surface area contributed by atoms with Crippen LogP contribution in [0.1, 0.15) is 23.1 Å². The second-order valence-electron chi connectivity index (χ2n) is 8.79. The third-order valence-corrected chi connectivity index (χ3v) is 6.32. The van der Waals surface area contributed by atoms with Crippen molar-refractivity contribution in [3.05, 3.63) is 69.8 Å². The summed E-state index contributed by atoms with van der Waals surface area (Å²) in [5, 5.41) is 4.47. The molecule has 0 spiro atoms. The number of hydrogen-bond acceptors (Lipinski definition) is 5. The zero-order valence-electron chi connectivity index (χ0n) is 18.4. The maximum Gasteiger partial charge on any atom is 0.236 e. The van der Waals surface area contributed by atoms with Gasteiger partial charge in [0, 0.05) is 75.3 Å². The van der Waals surface area contributed by atoms with Crippen molar-refractivity contribution >= 4 is 23.0 Å². The highest BCUT2D eigenvalue weighted by atomic mass is 19.1. The predicted molar refractivity (Wildman–Crippen MR) is 121 cm³/mol. The van der Waals surface area contributed by atoms with Crippen molar-refractivity contribution in [2.75, 3.05) is 47.3 Å². The van der Waals surface area contributed by atoms with Crippen LogP contribution in [0.3, 0.4) is 0 Å². The molecule has 3 aliphatic heterocycles. The van der Waals surface area contributed by atoms with Crippen molar-refractivity contribution in [1.29, 1.82) is 0 Å². The molecule has 0 radical (unpaired) electrons. The number of nitrogens with one attached hydrogen (secondary N) is 1. The summed E-state index contributed by atoms with van der Waals surface area (Å²) in [6.07, 6.45) is 6.27. The Morgan fingerprint density at radius 3 is 2.75 bits per heavy atom. The van der Waals surface area contributed by atoms with E-state index < -0.39 is 11.6 Å². The summed E-state index contributed by atoms with van der Waals surface area (Å²) >= 11 is 0. The first kappa shape index (κ1) is 20.6. The number of hydrogen-bond donors (Lipinski definition) is 1. The number of likely N-dealkylation sites (N-methyl/N-ethyl adjacent to an activating group) is 2. The van der Waals surface area contributed by atoms with Crippen molar-refractivity contribution in [3.63, 3.8) is 0 Å².